The van der Waals surface area contributed by atoms with Gasteiger partial charge in [0.1, 0.15) is 0 Å². The van der Waals surface area contributed by atoms with Crippen molar-refractivity contribution >= 4 is 5.91 Å². The van der Waals surface area contributed by atoms with E-state index in [0.29, 0.717) is 5.92 Å². The molecule has 0 bridgehead atoms. The van der Waals surface area contributed by atoms with E-state index in [1.165, 1.54) is 18.4 Å². The maximum atomic E-state index is 13.3. The third-order valence-electron chi connectivity index (χ3n) is 5.08. The van der Waals surface area contributed by atoms with E-state index in [1.807, 2.05) is 78.9 Å². The fraction of sp³-hybridized carbons (Fsp3) is 0.208. The second-order valence-electron chi connectivity index (χ2n) is 6.99. The van der Waals surface area contributed by atoms with Crippen molar-refractivity contribution in [2.75, 3.05) is 0 Å². The van der Waals surface area contributed by atoms with E-state index < -0.39 is 0 Å². The van der Waals surface area contributed by atoms with Crippen LogP contribution in [0.5, 0.6) is 0 Å². The van der Waals surface area contributed by atoms with Gasteiger partial charge in [0, 0.05) is 0 Å². The molecule has 2 nitrogen and oxygen atoms in total. The monoisotopic (exact) mass is 341 g/mol. The lowest BCUT2D eigenvalue weighted by Gasteiger charge is -2.24. The second-order valence-corrected chi connectivity index (χ2v) is 6.99. The number of carbonyl (C=O) groups excluding carboxylic acids is 1. The van der Waals surface area contributed by atoms with Gasteiger partial charge in [-0.1, -0.05) is 91.0 Å². The molecule has 1 saturated carbocycles. The number of rotatable bonds is 6. The van der Waals surface area contributed by atoms with Crippen molar-refractivity contribution in [1.29, 1.82) is 0 Å². The van der Waals surface area contributed by atoms with Crippen LogP contribution < -0.4 is 5.32 Å². The first kappa shape index (κ1) is 16.6. The smallest absolute Gasteiger partial charge is 0.232 e. The fourth-order valence-electron chi connectivity index (χ4n) is 3.59. The molecule has 0 unspecified atom stereocenters. The molecular formula is C24H23NO. The summed E-state index contributed by atoms with van der Waals surface area (Å²) in [5.74, 6) is 0.332. The Hall–Kier alpha value is -2.87. The molecule has 130 valence electrons. The molecule has 26 heavy (non-hydrogen) atoms. The first-order chi connectivity index (χ1) is 12.8. The number of hydrogen-bond donors (Lipinski definition) is 1. The predicted octanol–water partition coefficient (Wildman–Crippen LogP) is 5.09. The SMILES string of the molecule is O=C(N[C@H](c1ccccc1)C1CC1)C(c1ccccc1)c1ccccc1. The van der Waals surface area contributed by atoms with Crippen molar-refractivity contribution in [3.05, 3.63) is 108 Å². The molecule has 3 aromatic carbocycles. The molecule has 1 amide bonds. The van der Waals surface area contributed by atoms with Gasteiger partial charge >= 0.3 is 0 Å². The Kier molecular flexibility index (Phi) is 4.83. The van der Waals surface area contributed by atoms with Crippen LogP contribution in [0.2, 0.25) is 0 Å². The summed E-state index contributed by atoms with van der Waals surface area (Å²) in [5.41, 5.74) is 3.25. The van der Waals surface area contributed by atoms with Crippen LogP contribution in [0.25, 0.3) is 0 Å². The molecule has 3 aromatic rings. The molecule has 0 spiro atoms. The summed E-state index contributed by atoms with van der Waals surface area (Å²) in [6, 6.07) is 30.5. The highest BCUT2D eigenvalue weighted by Gasteiger charge is 2.35. The molecule has 1 fully saturated rings. The van der Waals surface area contributed by atoms with Gasteiger partial charge < -0.3 is 5.32 Å². The average Bonchev–Trinajstić information content (AvgIpc) is 3.54. The molecular weight excluding hydrogens is 318 g/mol. The number of benzene rings is 3. The van der Waals surface area contributed by atoms with E-state index in [0.717, 1.165) is 11.1 Å². The van der Waals surface area contributed by atoms with E-state index in [-0.39, 0.29) is 17.9 Å². The Morgan fingerprint density at radius 1 is 0.692 bits per heavy atom. The Bertz CT molecular complexity index is 802. The van der Waals surface area contributed by atoms with Crippen molar-refractivity contribution in [2.24, 2.45) is 5.92 Å². The van der Waals surface area contributed by atoms with Crippen molar-refractivity contribution in [2.45, 2.75) is 24.8 Å². The van der Waals surface area contributed by atoms with E-state index in [4.69, 9.17) is 0 Å². The number of hydrogen-bond acceptors (Lipinski definition) is 1. The highest BCUT2D eigenvalue weighted by atomic mass is 16.2. The van der Waals surface area contributed by atoms with Crippen LogP contribution in [0.1, 0.15) is 41.5 Å². The average molecular weight is 341 g/mol. The van der Waals surface area contributed by atoms with Gasteiger partial charge in [-0.15, -0.1) is 0 Å². The Labute approximate surface area is 154 Å². The molecule has 2 heteroatoms. The first-order valence-corrected chi connectivity index (χ1v) is 9.28. The van der Waals surface area contributed by atoms with E-state index in [1.54, 1.807) is 0 Å². The first-order valence-electron chi connectivity index (χ1n) is 9.28. The molecule has 0 radical (unpaired) electrons. The summed E-state index contributed by atoms with van der Waals surface area (Å²) < 4.78 is 0. The Morgan fingerprint density at radius 2 is 1.12 bits per heavy atom. The van der Waals surface area contributed by atoms with Gasteiger partial charge in [0.05, 0.1) is 12.0 Å². The summed E-state index contributed by atoms with van der Waals surface area (Å²) in [5, 5.41) is 3.35. The van der Waals surface area contributed by atoms with E-state index in [2.05, 4.69) is 17.4 Å². The highest BCUT2D eigenvalue weighted by Crippen LogP contribution is 2.41. The summed E-state index contributed by atoms with van der Waals surface area (Å²) in [6.07, 6.45) is 2.36. The molecule has 4 rings (SSSR count). The maximum absolute atomic E-state index is 13.3. The minimum absolute atomic E-state index is 0.0724. The van der Waals surface area contributed by atoms with Crippen LogP contribution in [0.3, 0.4) is 0 Å². The summed E-state index contributed by atoms with van der Waals surface area (Å²) in [4.78, 5) is 13.3. The molecule has 0 aromatic heterocycles. The van der Waals surface area contributed by atoms with Crippen molar-refractivity contribution < 1.29 is 4.79 Å². The van der Waals surface area contributed by atoms with Gasteiger partial charge in [0.15, 0.2) is 0 Å². The molecule has 1 aliphatic carbocycles. The van der Waals surface area contributed by atoms with Gasteiger partial charge in [-0.05, 0) is 35.4 Å². The van der Waals surface area contributed by atoms with Crippen LogP contribution in [-0.4, -0.2) is 5.91 Å². The quantitative estimate of drug-likeness (QED) is 0.665. The Balaban J connectivity index is 1.64. The minimum Gasteiger partial charge on any atom is -0.348 e. The molecule has 0 heterocycles. The Morgan fingerprint density at radius 3 is 1.54 bits per heavy atom. The van der Waals surface area contributed by atoms with Gasteiger partial charge in [-0.2, -0.15) is 0 Å². The third-order valence-corrected chi connectivity index (χ3v) is 5.08. The van der Waals surface area contributed by atoms with Crippen LogP contribution in [0.4, 0.5) is 0 Å². The highest BCUT2D eigenvalue weighted by molar-refractivity contribution is 5.87. The number of nitrogens with one attached hydrogen (secondary N) is 1. The number of amides is 1. The van der Waals surface area contributed by atoms with Gasteiger partial charge in [-0.25, -0.2) is 0 Å². The molecule has 1 atom stereocenters. The van der Waals surface area contributed by atoms with Crippen molar-refractivity contribution in [3.8, 4) is 0 Å². The van der Waals surface area contributed by atoms with Crippen LogP contribution >= 0.6 is 0 Å². The third kappa shape index (κ3) is 3.70. The largest absolute Gasteiger partial charge is 0.348 e. The van der Waals surface area contributed by atoms with Crippen LogP contribution in [0.15, 0.2) is 91.0 Å². The maximum Gasteiger partial charge on any atom is 0.232 e. The van der Waals surface area contributed by atoms with E-state index in [9.17, 15) is 4.79 Å². The zero-order chi connectivity index (χ0) is 17.8. The lowest BCUT2D eigenvalue weighted by atomic mass is 9.89. The second kappa shape index (κ2) is 7.57. The fourth-order valence-corrected chi connectivity index (χ4v) is 3.59. The van der Waals surface area contributed by atoms with Crippen molar-refractivity contribution in [1.82, 2.24) is 5.32 Å². The van der Waals surface area contributed by atoms with Gasteiger partial charge in [0.2, 0.25) is 5.91 Å². The standard InChI is InChI=1S/C24H23NO/c26-24(25-23(21-16-17-21)20-14-8-3-9-15-20)22(18-10-4-1-5-11-18)19-12-6-2-7-13-19/h1-15,21-23H,16-17H2,(H,25,26)/t23-/m1/s1. The van der Waals surface area contributed by atoms with Crippen molar-refractivity contribution in [3.63, 3.8) is 0 Å². The topological polar surface area (TPSA) is 29.1 Å². The minimum atomic E-state index is -0.289. The summed E-state index contributed by atoms with van der Waals surface area (Å²) in [6.45, 7) is 0. The molecule has 1 aliphatic rings. The summed E-state index contributed by atoms with van der Waals surface area (Å²) in [7, 11) is 0. The number of carbonyl (C=O) groups is 1. The predicted molar refractivity (Wildman–Crippen MR) is 105 cm³/mol. The summed E-state index contributed by atoms with van der Waals surface area (Å²) >= 11 is 0. The molecule has 1 N–H and O–H groups in total. The lowest BCUT2D eigenvalue weighted by Crippen LogP contribution is -2.34. The normalized spacial score (nSPS) is 14.8. The zero-order valence-corrected chi connectivity index (χ0v) is 14.7. The van der Waals surface area contributed by atoms with E-state index >= 15 is 0 Å². The van der Waals surface area contributed by atoms with Gasteiger partial charge in [0.25, 0.3) is 0 Å². The zero-order valence-electron chi connectivity index (χ0n) is 14.7. The van der Waals surface area contributed by atoms with Crippen LogP contribution in [-0.2, 0) is 4.79 Å². The van der Waals surface area contributed by atoms with Gasteiger partial charge in [-0.3, -0.25) is 4.79 Å². The van der Waals surface area contributed by atoms with Crippen LogP contribution in [0, 0.1) is 5.92 Å². The molecule has 0 aliphatic heterocycles. The molecule has 0 saturated heterocycles. The lowest BCUT2D eigenvalue weighted by molar-refractivity contribution is -0.122.